The zero-order valence-corrected chi connectivity index (χ0v) is 9.38. The Morgan fingerprint density at radius 1 is 1.25 bits per heavy atom. The SMILES string of the molecule is COc1ccc(CCCNCC(F)F)cc1. The van der Waals surface area contributed by atoms with E-state index in [1.54, 1.807) is 7.11 Å². The van der Waals surface area contributed by atoms with Gasteiger partial charge in [0.15, 0.2) is 0 Å². The van der Waals surface area contributed by atoms with Crippen molar-refractivity contribution in [3.63, 3.8) is 0 Å². The molecule has 0 amide bonds. The van der Waals surface area contributed by atoms with Crippen molar-refractivity contribution >= 4 is 0 Å². The Bertz CT molecular complexity index is 288. The van der Waals surface area contributed by atoms with Crippen molar-refractivity contribution in [2.45, 2.75) is 19.3 Å². The van der Waals surface area contributed by atoms with Crippen LogP contribution < -0.4 is 10.1 Å². The number of alkyl halides is 2. The minimum Gasteiger partial charge on any atom is -0.497 e. The second-order valence-corrected chi connectivity index (χ2v) is 3.55. The topological polar surface area (TPSA) is 21.3 Å². The summed E-state index contributed by atoms with van der Waals surface area (Å²) in [6, 6.07) is 7.79. The van der Waals surface area contributed by atoms with Crippen LogP contribution in [-0.2, 0) is 6.42 Å². The van der Waals surface area contributed by atoms with Crippen molar-refractivity contribution in [2.24, 2.45) is 0 Å². The van der Waals surface area contributed by atoms with E-state index in [1.807, 2.05) is 24.3 Å². The number of hydrogen-bond donors (Lipinski definition) is 1. The molecular formula is C12H17F2NO. The summed E-state index contributed by atoms with van der Waals surface area (Å²) in [5.41, 5.74) is 1.19. The van der Waals surface area contributed by atoms with Crippen molar-refractivity contribution in [2.75, 3.05) is 20.2 Å². The summed E-state index contributed by atoms with van der Waals surface area (Å²) < 4.78 is 28.6. The van der Waals surface area contributed by atoms with Crippen LogP contribution in [0.25, 0.3) is 0 Å². The Balaban J connectivity index is 2.16. The van der Waals surface area contributed by atoms with Crippen LogP contribution >= 0.6 is 0 Å². The van der Waals surface area contributed by atoms with Gasteiger partial charge in [-0.3, -0.25) is 0 Å². The number of methoxy groups -OCH3 is 1. The summed E-state index contributed by atoms with van der Waals surface area (Å²) in [7, 11) is 1.63. The van der Waals surface area contributed by atoms with Crippen LogP contribution in [0.3, 0.4) is 0 Å². The van der Waals surface area contributed by atoms with Gasteiger partial charge in [0.05, 0.1) is 13.7 Å². The van der Waals surface area contributed by atoms with Gasteiger partial charge in [0, 0.05) is 0 Å². The van der Waals surface area contributed by atoms with Crippen LogP contribution in [0.15, 0.2) is 24.3 Å². The summed E-state index contributed by atoms with van der Waals surface area (Å²) in [5.74, 6) is 0.833. The van der Waals surface area contributed by atoms with Crippen LogP contribution in [0.4, 0.5) is 8.78 Å². The molecule has 0 aliphatic heterocycles. The first kappa shape index (κ1) is 12.9. The van der Waals surface area contributed by atoms with E-state index in [2.05, 4.69) is 5.32 Å². The fourth-order valence-electron chi connectivity index (χ4n) is 1.42. The van der Waals surface area contributed by atoms with E-state index in [9.17, 15) is 8.78 Å². The molecule has 16 heavy (non-hydrogen) atoms. The maximum atomic E-state index is 11.8. The number of aryl methyl sites for hydroxylation is 1. The van der Waals surface area contributed by atoms with E-state index in [0.29, 0.717) is 6.54 Å². The highest BCUT2D eigenvalue weighted by molar-refractivity contribution is 5.27. The first-order chi connectivity index (χ1) is 7.72. The van der Waals surface area contributed by atoms with Gasteiger partial charge in [-0.25, -0.2) is 8.78 Å². The van der Waals surface area contributed by atoms with Gasteiger partial charge in [0.2, 0.25) is 0 Å². The quantitative estimate of drug-likeness (QED) is 0.725. The molecule has 1 aromatic rings. The van der Waals surface area contributed by atoms with E-state index in [-0.39, 0.29) is 6.54 Å². The number of ether oxygens (including phenoxy) is 1. The number of nitrogens with one attached hydrogen (secondary N) is 1. The lowest BCUT2D eigenvalue weighted by Crippen LogP contribution is -2.22. The summed E-state index contributed by atoms with van der Waals surface area (Å²) >= 11 is 0. The molecule has 1 rings (SSSR count). The molecule has 0 aliphatic rings. The van der Waals surface area contributed by atoms with Gasteiger partial charge < -0.3 is 10.1 Å². The van der Waals surface area contributed by atoms with Crippen LogP contribution in [0, 0.1) is 0 Å². The van der Waals surface area contributed by atoms with E-state index in [1.165, 1.54) is 5.56 Å². The van der Waals surface area contributed by atoms with Crippen molar-refractivity contribution in [3.05, 3.63) is 29.8 Å². The zero-order chi connectivity index (χ0) is 11.8. The molecule has 1 N–H and O–H groups in total. The number of rotatable bonds is 7. The van der Waals surface area contributed by atoms with Gasteiger partial charge in [0.1, 0.15) is 5.75 Å². The monoisotopic (exact) mass is 229 g/mol. The Labute approximate surface area is 94.6 Å². The average Bonchev–Trinajstić information content (AvgIpc) is 2.29. The molecule has 0 aliphatic carbocycles. The fraction of sp³-hybridized carbons (Fsp3) is 0.500. The maximum Gasteiger partial charge on any atom is 0.250 e. The third-order valence-corrected chi connectivity index (χ3v) is 2.28. The molecule has 0 aromatic heterocycles. The largest absolute Gasteiger partial charge is 0.497 e. The summed E-state index contributed by atoms with van der Waals surface area (Å²) in [6.07, 6.45) is -0.514. The molecule has 0 saturated heterocycles. The highest BCUT2D eigenvalue weighted by Gasteiger charge is 2.00. The number of hydrogen-bond acceptors (Lipinski definition) is 2. The maximum absolute atomic E-state index is 11.8. The van der Waals surface area contributed by atoms with Gasteiger partial charge in [-0.05, 0) is 37.1 Å². The number of halogens is 2. The Morgan fingerprint density at radius 3 is 2.50 bits per heavy atom. The van der Waals surface area contributed by atoms with Gasteiger partial charge >= 0.3 is 0 Å². The van der Waals surface area contributed by atoms with Crippen molar-refractivity contribution < 1.29 is 13.5 Å². The van der Waals surface area contributed by atoms with E-state index in [4.69, 9.17) is 4.74 Å². The van der Waals surface area contributed by atoms with Gasteiger partial charge in [-0.15, -0.1) is 0 Å². The number of benzene rings is 1. The molecule has 0 spiro atoms. The lowest BCUT2D eigenvalue weighted by Gasteiger charge is -2.05. The third kappa shape index (κ3) is 5.07. The molecule has 2 nitrogen and oxygen atoms in total. The second kappa shape index (κ2) is 7.17. The summed E-state index contributed by atoms with van der Waals surface area (Å²) in [4.78, 5) is 0. The summed E-state index contributed by atoms with van der Waals surface area (Å²) in [5, 5.41) is 2.70. The predicted molar refractivity (Wildman–Crippen MR) is 60.2 cm³/mol. The average molecular weight is 229 g/mol. The standard InChI is InChI=1S/C12H17F2NO/c1-16-11-6-4-10(5-7-11)3-2-8-15-9-12(13)14/h4-7,12,15H,2-3,8-9H2,1H3. The first-order valence-corrected chi connectivity index (χ1v) is 5.34. The van der Waals surface area contributed by atoms with Gasteiger partial charge in [-0.2, -0.15) is 0 Å². The van der Waals surface area contributed by atoms with Gasteiger partial charge in [0.25, 0.3) is 6.43 Å². The zero-order valence-electron chi connectivity index (χ0n) is 9.38. The molecular weight excluding hydrogens is 212 g/mol. The molecule has 90 valence electrons. The molecule has 0 unspecified atom stereocenters. The second-order valence-electron chi connectivity index (χ2n) is 3.55. The highest BCUT2D eigenvalue weighted by Crippen LogP contribution is 2.12. The third-order valence-electron chi connectivity index (χ3n) is 2.28. The molecule has 0 heterocycles. The minimum absolute atomic E-state index is 0.220. The molecule has 4 heteroatoms. The van der Waals surface area contributed by atoms with Crippen molar-refractivity contribution in [3.8, 4) is 5.75 Å². The van der Waals surface area contributed by atoms with Crippen LogP contribution in [0.1, 0.15) is 12.0 Å². The Kier molecular flexibility index (Phi) is 5.78. The van der Waals surface area contributed by atoms with Crippen LogP contribution in [0.2, 0.25) is 0 Å². The van der Waals surface area contributed by atoms with E-state index < -0.39 is 6.43 Å². The van der Waals surface area contributed by atoms with Gasteiger partial charge in [-0.1, -0.05) is 12.1 Å². The first-order valence-electron chi connectivity index (χ1n) is 5.34. The Morgan fingerprint density at radius 2 is 1.94 bits per heavy atom. The van der Waals surface area contributed by atoms with Crippen molar-refractivity contribution in [1.82, 2.24) is 5.32 Å². The lowest BCUT2D eigenvalue weighted by atomic mass is 10.1. The predicted octanol–water partition coefficient (Wildman–Crippen LogP) is 2.48. The Hall–Kier alpha value is -1.16. The van der Waals surface area contributed by atoms with Crippen LogP contribution in [-0.4, -0.2) is 26.6 Å². The molecule has 0 radical (unpaired) electrons. The van der Waals surface area contributed by atoms with Crippen molar-refractivity contribution in [1.29, 1.82) is 0 Å². The minimum atomic E-state index is -2.26. The van der Waals surface area contributed by atoms with E-state index in [0.717, 1.165) is 18.6 Å². The smallest absolute Gasteiger partial charge is 0.250 e. The molecule has 1 aromatic carbocycles. The highest BCUT2D eigenvalue weighted by atomic mass is 19.3. The molecule has 0 saturated carbocycles. The molecule has 0 fully saturated rings. The van der Waals surface area contributed by atoms with E-state index >= 15 is 0 Å². The normalized spacial score (nSPS) is 10.8. The summed E-state index contributed by atoms with van der Waals surface area (Å²) in [6.45, 7) is 0.402. The molecule has 0 atom stereocenters. The molecule has 0 bridgehead atoms. The lowest BCUT2D eigenvalue weighted by molar-refractivity contribution is 0.146. The van der Waals surface area contributed by atoms with Crippen LogP contribution in [0.5, 0.6) is 5.75 Å². The fourth-order valence-corrected chi connectivity index (χ4v) is 1.42.